The van der Waals surface area contributed by atoms with Gasteiger partial charge < -0.3 is 20.8 Å². The van der Waals surface area contributed by atoms with Gasteiger partial charge >= 0.3 is 6.01 Å². The normalized spacial score (nSPS) is 20.9. The number of nitrogens with two attached hydrogens (primary N) is 1. The van der Waals surface area contributed by atoms with E-state index in [4.69, 9.17) is 10.2 Å². The molecule has 1 amide bonds. The van der Waals surface area contributed by atoms with E-state index in [-0.39, 0.29) is 18.5 Å². The van der Waals surface area contributed by atoms with Gasteiger partial charge in [0.1, 0.15) is 0 Å². The fourth-order valence-electron chi connectivity index (χ4n) is 1.28. The van der Waals surface area contributed by atoms with Crippen LogP contribution in [0.1, 0.15) is 12.3 Å². The predicted octanol–water partition coefficient (Wildman–Crippen LogP) is -1.17. The van der Waals surface area contributed by atoms with Crippen LogP contribution in [0.2, 0.25) is 0 Å². The Morgan fingerprint density at radius 2 is 2.50 bits per heavy atom. The molecule has 1 aromatic rings. The van der Waals surface area contributed by atoms with Gasteiger partial charge in [-0.1, -0.05) is 5.10 Å². The molecule has 1 saturated heterocycles. The maximum Gasteiger partial charge on any atom is 0.315 e. The van der Waals surface area contributed by atoms with Gasteiger partial charge in [0.05, 0.1) is 12.6 Å². The smallest absolute Gasteiger partial charge is 0.315 e. The number of nitrogens with zero attached hydrogens (tertiary/aromatic N) is 2. The monoisotopic (exact) mass is 197 g/mol. The van der Waals surface area contributed by atoms with E-state index < -0.39 is 0 Å². The van der Waals surface area contributed by atoms with E-state index in [1.165, 1.54) is 0 Å². The van der Waals surface area contributed by atoms with Gasteiger partial charge in [-0.15, -0.1) is 5.10 Å². The number of carbonyl (C=O) groups is 1. The third-order valence-corrected chi connectivity index (χ3v) is 1.95. The number of aromatic nitrogens is 2. The zero-order chi connectivity index (χ0) is 9.97. The van der Waals surface area contributed by atoms with Crippen molar-refractivity contribution < 1.29 is 9.21 Å². The van der Waals surface area contributed by atoms with E-state index in [9.17, 15) is 4.79 Å². The van der Waals surface area contributed by atoms with Gasteiger partial charge in [-0.25, -0.2) is 0 Å². The third kappa shape index (κ3) is 1.82. The number of anilines is 1. The standard InChI is InChI=1S/C7H11N5O2/c8-2-6-11-12-7(14-6)10-4-1-5(13)9-3-4/h4H,1-3,8H2,(H,9,13)(H,10,12). The van der Waals surface area contributed by atoms with Crippen molar-refractivity contribution >= 4 is 11.9 Å². The van der Waals surface area contributed by atoms with Crippen molar-refractivity contribution in [2.45, 2.75) is 19.0 Å². The summed E-state index contributed by atoms with van der Waals surface area (Å²) >= 11 is 0. The molecule has 76 valence electrons. The van der Waals surface area contributed by atoms with E-state index in [1.807, 2.05) is 0 Å². The van der Waals surface area contributed by atoms with Crippen molar-refractivity contribution in [3.05, 3.63) is 5.89 Å². The molecule has 4 N–H and O–H groups in total. The highest BCUT2D eigenvalue weighted by Crippen LogP contribution is 2.10. The van der Waals surface area contributed by atoms with Crippen LogP contribution in [0, 0.1) is 0 Å². The molecule has 0 aromatic carbocycles. The van der Waals surface area contributed by atoms with Crippen LogP contribution in [-0.4, -0.2) is 28.7 Å². The molecule has 0 aliphatic carbocycles. The van der Waals surface area contributed by atoms with E-state index >= 15 is 0 Å². The molecule has 0 saturated carbocycles. The van der Waals surface area contributed by atoms with Crippen molar-refractivity contribution in [1.29, 1.82) is 0 Å². The summed E-state index contributed by atoms with van der Waals surface area (Å²) in [6.45, 7) is 0.801. The van der Waals surface area contributed by atoms with Gasteiger partial charge in [-0.2, -0.15) is 0 Å². The molecule has 14 heavy (non-hydrogen) atoms. The highest BCUT2D eigenvalue weighted by molar-refractivity contribution is 5.79. The lowest BCUT2D eigenvalue weighted by atomic mass is 10.3. The average molecular weight is 197 g/mol. The van der Waals surface area contributed by atoms with E-state index in [1.54, 1.807) is 0 Å². The first kappa shape index (κ1) is 8.95. The summed E-state index contributed by atoms with van der Waals surface area (Å²) in [6.07, 6.45) is 0.431. The molecule has 0 radical (unpaired) electrons. The Balaban J connectivity index is 1.93. The molecule has 7 heteroatoms. The Morgan fingerprint density at radius 1 is 1.64 bits per heavy atom. The average Bonchev–Trinajstić information content (AvgIpc) is 2.76. The second kappa shape index (κ2) is 3.62. The van der Waals surface area contributed by atoms with Crippen molar-refractivity contribution in [1.82, 2.24) is 15.5 Å². The van der Waals surface area contributed by atoms with Gasteiger partial charge in [0.2, 0.25) is 11.8 Å². The molecule has 1 aliphatic rings. The van der Waals surface area contributed by atoms with E-state index in [2.05, 4.69) is 20.8 Å². The summed E-state index contributed by atoms with van der Waals surface area (Å²) < 4.78 is 5.13. The number of hydrogen-bond acceptors (Lipinski definition) is 6. The Morgan fingerprint density at radius 3 is 3.07 bits per heavy atom. The number of carbonyl (C=O) groups excluding carboxylic acids is 1. The third-order valence-electron chi connectivity index (χ3n) is 1.95. The van der Waals surface area contributed by atoms with Crippen molar-refractivity contribution in [2.24, 2.45) is 5.73 Å². The maximum absolute atomic E-state index is 10.9. The number of nitrogens with one attached hydrogen (secondary N) is 2. The van der Waals surface area contributed by atoms with E-state index in [0.29, 0.717) is 24.9 Å². The highest BCUT2D eigenvalue weighted by atomic mass is 16.4. The van der Waals surface area contributed by atoms with Gasteiger partial charge in [-0.05, 0) is 0 Å². The topological polar surface area (TPSA) is 106 Å². The van der Waals surface area contributed by atoms with Gasteiger partial charge in [0, 0.05) is 13.0 Å². The summed E-state index contributed by atoms with van der Waals surface area (Å²) in [7, 11) is 0. The highest BCUT2D eigenvalue weighted by Gasteiger charge is 2.22. The molecule has 0 spiro atoms. The first-order valence-corrected chi connectivity index (χ1v) is 4.33. The molecule has 1 atom stereocenters. The molecule has 1 aliphatic heterocycles. The quantitative estimate of drug-likeness (QED) is 0.563. The zero-order valence-electron chi connectivity index (χ0n) is 7.49. The number of amides is 1. The second-order valence-corrected chi connectivity index (χ2v) is 3.05. The van der Waals surface area contributed by atoms with Crippen LogP contribution in [0.3, 0.4) is 0 Å². The molecule has 0 bridgehead atoms. The first-order valence-electron chi connectivity index (χ1n) is 4.33. The zero-order valence-corrected chi connectivity index (χ0v) is 7.49. The lowest BCUT2D eigenvalue weighted by Gasteiger charge is -2.05. The summed E-state index contributed by atoms with van der Waals surface area (Å²) in [5.74, 6) is 0.408. The molecule has 1 fully saturated rings. The molecule has 1 unspecified atom stereocenters. The van der Waals surface area contributed by atoms with E-state index in [0.717, 1.165) is 0 Å². The fourth-order valence-corrected chi connectivity index (χ4v) is 1.28. The van der Waals surface area contributed by atoms with Crippen LogP contribution in [0.4, 0.5) is 6.01 Å². The second-order valence-electron chi connectivity index (χ2n) is 3.05. The van der Waals surface area contributed by atoms with Crippen molar-refractivity contribution in [2.75, 3.05) is 11.9 Å². The molecule has 2 rings (SSSR count). The number of rotatable bonds is 3. The Hall–Kier alpha value is -1.63. The van der Waals surface area contributed by atoms with Crippen LogP contribution >= 0.6 is 0 Å². The number of hydrogen-bond donors (Lipinski definition) is 3. The molecular formula is C7H11N5O2. The van der Waals surface area contributed by atoms with Crippen molar-refractivity contribution in [3.8, 4) is 0 Å². The summed E-state index contributed by atoms with van der Waals surface area (Å²) in [4.78, 5) is 10.9. The minimum Gasteiger partial charge on any atom is -0.407 e. The minimum atomic E-state index is 0.0218. The Labute approximate surface area is 80.1 Å². The Bertz CT molecular complexity index is 337. The lowest BCUT2D eigenvalue weighted by Crippen LogP contribution is -2.22. The van der Waals surface area contributed by atoms with Crippen molar-refractivity contribution in [3.63, 3.8) is 0 Å². The van der Waals surface area contributed by atoms with Crippen LogP contribution in [0.15, 0.2) is 4.42 Å². The van der Waals surface area contributed by atoms with Gasteiger partial charge in [-0.3, -0.25) is 4.79 Å². The van der Waals surface area contributed by atoms with Gasteiger partial charge in [0.25, 0.3) is 0 Å². The molecule has 1 aromatic heterocycles. The van der Waals surface area contributed by atoms with Gasteiger partial charge in [0.15, 0.2) is 0 Å². The lowest BCUT2D eigenvalue weighted by molar-refractivity contribution is -0.119. The predicted molar refractivity (Wildman–Crippen MR) is 47.2 cm³/mol. The minimum absolute atomic E-state index is 0.0218. The first-order chi connectivity index (χ1) is 6.78. The SMILES string of the molecule is NCc1nnc(NC2CNC(=O)C2)o1. The van der Waals surface area contributed by atoms with Crippen LogP contribution in [0.25, 0.3) is 0 Å². The fraction of sp³-hybridized carbons (Fsp3) is 0.571. The van der Waals surface area contributed by atoms with Crippen LogP contribution < -0.4 is 16.4 Å². The summed E-state index contributed by atoms with van der Waals surface area (Å²) in [5, 5.41) is 13.1. The van der Waals surface area contributed by atoms with Crippen LogP contribution in [0.5, 0.6) is 0 Å². The summed E-state index contributed by atoms with van der Waals surface area (Å²) in [5.41, 5.74) is 5.30. The Kier molecular flexibility index (Phi) is 2.32. The molecular weight excluding hydrogens is 186 g/mol. The molecule has 7 nitrogen and oxygen atoms in total. The summed E-state index contributed by atoms with van der Waals surface area (Å²) in [6, 6.07) is 0.334. The molecule has 2 heterocycles. The largest absolute Gasteiger partial charge is 0.407 e. The maximum atomic E-state index is 10.9. The van der Waals surface area contributed by atoms with Crippen LogP contribution in [-0.2, 0) is 11.3 Å².